The van der Waals surface area contributed by atoms with Crippen molar-refractivity contribution < 1.29 is 14.2 Å². The lowest BCUT2D eigenvalue weighted by molar-refractivity contribution is 0.107. The number of hydrogen-bond acceptors (Lipinski definition) is 7. The van der Waals surface area contributed by atoms with Gasteiger partial charge in [-0.15, -0.1) is 0 Å². The molecule has 4 aliphatic rings. The number of piperazine rings is 1. The number of phenols is 1. The third kappa shape index (κ3) is 3.98. The van der Waals surface area contributed by atoms with Gasteiger partial charge in [-0.3, -0.25) is 4.90 Å². The number of aromatic hydroxyl groups is 1. The molecule has 0 aliphatic carbocycles. The highest BCUT2D eigenvalue weighted by molar-refractivity contribution is 6.35. The van der Waals surface area contributed by atoms with Gasteiger partial charge in [-0.2, -0.15) is 9.97 Å². The highest BCUT2D eigenvalue weighted by Crippen LogP contribution is 2.46. The summed E-state index contributed by atoms with van der Waals surface area (Å²) in [6, 6.07) is 13.1. The van der Waals surface area contributed by atoms with E-state index in [0.29, 0.717) is 23.4 Å². The zero-order chi connectivity index (χ0) is 28.6. The largest absolute Gasteiger partial charge is 0.508 e. The average molecular weight is 588 g/mol. The molecule has 2 N–H and O–H groups in total. The molecule has 9 heteroatoms. The third-order valence-corrected chi connectivity index (χ3v) is 10.6. The number of rotatable bonds is 5. The van der Waals surface area contributed by atoms with Crippen molar-refractivity contribution in [2.24, 2.45) is 0 Å². The van der Waals surface area contributed by atoms with Gasteiger partial charge >= 0.3 is 6.01 Å². The Kier molecular flexibility index (Phi) is 6.08. The number of halogens is 2. The number of nitrogens with zero attached hydrogens (tertiary/aromatic N) is 4. The van der Waals surface area contributed by atoms with Crippen LogP contribution in [0, 0.1) is 5.82 Å². The number of hydrogen-bond donors (Lipinski definition) is 2. The minimum atomic E-state index is -0.532. The first-order valence-corrected chi connectivity index (χ1v) is 15.5. The van der Waals surface area contributed by atoms with E-state index in [1.54, 1.807) is 18.2 Å². The summed E-state index contributed by atoms with van der Waals surface area (Å²) >= 11 is 6.93. The first kappa shape index (κ1) is 26.4. The summed E-state index contributed by atoms with van der Waals surface area (Å²) in [4.78, 5) is 14.6. The molecule has 0 radical (unpaired) electrons. The molecule has 0 saturated carbocycles. The van der Waals surface area contributed by atoms with Crippen molar-refractivity contribution >= 4 is 39.1 Å². The summed E-state index contributed by atoms with van der Waals surface area (Å²) in [7, 11) is 0. The lowest BCUT2D eigenvalue weighted by Crippen LogP contribution is -2.59. The normalized spacial score (nSPS) is 25.0. The van der Waals surface area contributed by atoms with E-state index in [0.717, 1.165) is 62.6 Å². The van der Waals surface area contributed by atoms with Crippen LogP contribution in [0.3, 0.4) is 0 Å². The Bertz CT molecular complexity index is 1720. The highest BCUT2D eigenvalue weighted by atomic mass is 35.5. The maximum absolute atomic E-state index is 16.9. The van der Waals surface area contributed by atoms with Crippen LogP contribution in [0.1, 0.15) is 45.4 Å². The number of anilines is 1. The monoisotopic (exact) mass is 587 g/mol. The Hall–Kier alpha value is -3.20. The molecule has 2 atom stereocenters. The van der Waals surface area contributed by atoms with Crippen LogP contribution in [-0.2, 0) is 0 Å². The molecule has 5 heterocycles. The first-order valence-electron chi connectivity index (χ1n) is 15.2. The van der Waals surface area contributed by atoms with E-state index in [4.69, 9.17) is 26.3 Å². The lowest BCUT2D eigenvalue weighted by Gasteiger charge is -2.44. The summed E-state index contributed by atoms with van der Waals surface area (Å²) in [5, 5.41) is 16.6. The van der Waals surface area contributed by atoms with Crippen molar-refractivity contribution in [3.63, 3.8) is 0 Å². The Morgan fingerprint density at radius 3 is 2.71 bits per heavy atom. The van der Waals surface area contributed by atoms with E-state index in [2.05, 4.69) is 22.0 Å². The van der Waals surface area contributed by atoms with Crippen LogP contribution in [0.25, 0.3) is 32.8 Å². The fraction of sp³-hybridized carbons (Fsp3) is 0.455. The van der Waals surface area contributed by atoms with Gasteiger partial charge in [-0.1, -0.05) is 35.9 Å². The molecule has 218 valence electrons. The number of fused-ring (bicyclic) bond motifs is 5. The molecular formula is C33H35ClFN5O2. The minimum absolute atomic E-state index is 0.0166. The van der Waals surface area contributed by atoms with E-state index < -0.39 is 5.82 Å². The molecule has 4 fully saturated rings. The van der Waals surface area contributed by atoms with Gasteiger partial charge in [0.1, 0.15) is 23.7 Å². The Labute approximate surface area is 249 Å². The van der Waals surface area contributed by atoms with Crippen LogP contribution in [0.2, 0.25) is 5.02 Å². The average Bonchev–Trinajstić information content (AvgIpc) is 3.61. The number of ether oxygens (including phenoxy) is 1. The van der Waals surface area contributed by atoms with Crippen molar-refractivity contribution in [3.8, 4) is 22.9 Å². The molecule has 3 aromatic carbocycles. The number of phenolic OH excluding ortho intramolecular Hbond substituents is 1. The molecular weight excluding hydrogens is 553 g/mol. The Morgan fingerprint density at radius 2 is 1.90 bits per heavy atom. The summed E-state index contributed by atoms with van der Waals surface area (Å²) in [5.41, 5.74) is 0.797. The summed E-state index contributed by atoms with van der Waals surface area (Å²) in [6.45, 7) is 6.61. The lowest BCUT2D eigenvalue weighted by atomic mass is 9.95. The molecule has 8 rings (SSSR count). The topological polar surface area (TPSA) is 73.8 Å². The zero-order valence-corrected chi connectivity index (χ0v) is 24.6. The number of nitrogens with one attached hydrogen (secondary N) is 1. The van der Waals surface area contributed by atoms with Crippen molar-refractivity contribution in [1.29, 1.82) is 0 Å². The predicted molar refractivity (Wildman–Crippen MR) is 164 cm³/mol. The third-order valence-electron chi connectivity index (χ3n) is 10.3. The second-order valence-electron chi connectivity index (χ2n) is 12.9. The van der Waals surface area contributed by atoms with Crippen LogP contribution in [-0.4, -0.2) is 69.9 Å². The summed E-state index contributed by atoms with van der Waals surface area (Å²) < 4.78 is 23.3. The second kappa shape index (κ2) is 9.66. The zero-order valence-electron chi connectivity index (χ0n) is 23.8. The van der Waals surface area contributed by atoms with Gasteiger partial charge in [0.05, 0.1) is 16.1 Å². The molecule has 2 bridgehead atoms. The van der Waals surface area contributed by atoms with E-state index in [-0.39, 0.29) is 45.0 Å². The fourth-order valence-electron chi connectivity index (χ4n) is 8.29. The SMILES string of the molecule is CC12CCC(CNC1)N2c1nc(OCC23CCCN2CCC3)nc2c(F)c(-c3cc(O)cc4ccccc34)c(Cl)cc12. The van der Waals surface area contributed by atoms with Crippen molar-refractivity contribution in [2.75, 3.05) is 37.7 Å². The number of benzene rings is 3. The van der Waals surface area contributed by atoms with E-state index in [1.165, 1.54) is 12.8 Å². The molecule has 4 aromatic rings. The first-order chi connectivity index (χ1) is 20.4. The summed E-state index contributed by atoms with van der Waals surface area (Å²) in [6.07, 6.45) is 6.60. The van der Waals surface area contributed by atoms with E-state index >= 15 is 4.39 Å². The van der Waals surface area contributed by atoms with Crippen molar-refractivity contribution in [1.82, 2.24) is 20.2 Å². The maximum atomic E-state index is 16.9. The maximum Gasteiger partial charge on any atom is 0.319 e. The molecule has 4 aliphatic heterocycles. The molecule has 1 aromatic heterocycles. The molecule has 2 unspecified atom stereocenters. The molecule has 4 saturated heterocycles. The Balaban J connectivity index is 1.32. The minimum Gasteiger partial charge on any atom is -0.508 e. The van der Waals surface area contributed by atoms with Gasteiger partial charge in [0, 0.05) is 30.1 Å². The van der Waals surface area contributed by atoms with Crippen LogP contribution in [0.15, 0.2) is 42.5 Å². The van der Waals surface area contributed by atoms with Crippen LogP contribution in [0.5, 0.6) is 11.8 Å². The second-order valence-corrected chi connectivity index (χ2v) is 13.3. The van der Waals surface area contributed by atoms with Gasteiger partial charge in [-0.25, -0.2) is 4.39 Å². The van der Waals surface area contributed by atoms with Gasteiger partial charge in [-0.05, 0) is 93.1 Å². The quantitative estimate of drug-likeness (QED) is 0.284. The molecule has 0 amide bonds. The Morgan fingerprint density at radius 1 is 1.10 bits per heavy atom. The van der Waals surface area contributed by atoms with Gasteiger partial charge in [0.15, 0.2) is 5.82 Å². The summed E-state index contributed by atoms with van der Waals surface area (Å²) in [5.74, 6) is 0.201. The standard InChI is InChI=1S/C33H35ClFN5O2/c1-32-11-8-21(17-36-18-32)40(32)30-25-16-26(34)27(24-15-22(41)14-20-6-2-3-7-23(20)24)28(35)29(25)37-31(38-30)42-19-33-9-4-12-39(33)13-5-10-33/h2-3,6-7,14-16,21,36,41H,4-5,8-13,17-19H2,1H3. The van der Waals surface area contributed by atoms with E-state index in [9.17, 15) is 5.11 Å². The van der Waals surface area contributed by atoms with Crippen LogP contribution >= 0.6 is 11.6 Å². The smallest absolute Gasteiger partial charge is 0.319 e. The van der Waals surface area contributed by atoms with Crippen molar-refractivity contribution in [3.05, 3.63) is 53.3 Å². The van der Waals surface area contributed by atoms with Crippen LogP contribution in [0.4, 0.5) is 10.2 Å². The van der Waals surface area contributed by atoms with Gasteiger partial charge in [0.2, 0.25) is 0 Å². The van der Waals surface area contributed by atoms with Crippen molar-refractivity contribution in [2.45, 2.75) is 62.6 Å². The molecule has 7 nitrogen and oxygen atoms in total. The van der Waals surface area contributed by atoms with Crippen LogP contribution < -0.4 is 15.0 Å². The highest BCUT2D eigenvalue weighted by Gasteiger charge is 2.48. The molecule has 42 heavy (non-hydrogen) atoms. The fourth-order valence-corrected chi connectivity index (χ4v) is 8.58. The molecule has 0 spiro atoms. The number of aromatic nitrogens is 2. The predicted octanol–water partition coefficient (Wildman–Crippen LogP) is 6.29. The van der Waals surface area contributed by atoms with Gasteiger partial charge in [0.25, 0.3) is 0 Å². The van der Waals surface area contributed by atoms with E-state index in [1.807, 2.05) is 24.3 Å². The van der Waals surface area contributed by atoms with Gasteiger partial charge < -0.3 is 20.1 Å².